The Morgan fingerprint density at radius 2 is 2.07 bits per heavy atom. The summed E-state index contributed by atoms with van der Waals surface area (Å²) >= 11 is 5.67. The highest BCUT2D eigenvalue weighted by Crippen LogP contribution is 2.38. The monoisotopic (exact) mass is 219 g/mol. The molecular weight excluding hydrogens is 206 g/mol. The van der Waals surface area contributed by atoms with E-state index in [1.165, 1.54) is 6.42 Å². The number of oxime groups is 1. The van der Waals surface area contributed by atoms with Crippen LogP contribution in [-0.2, 0) is 9.47 Å². The van der Waals surface area contributed by atoms with Gasteiger partial charge in [-0.1, -0.05) is 23.2 Å². The first-order valence-corrected chi connectivity index (χ1v) is 5.33. The van der Waals surface area contributed by atoms with Gasteiger partial charge in [-0.2, -0.15) is 0 Å². The van der Waals surface area contributed by atoms with Crippen LogP contribution in [0.4, 0.5) is 0 Å². The molecular formula is C9H14ClNO3. The summed E-state index contributed by atoms with van der Waals surface area (Å²) in [6, 6.07) is 0. The van der Waals surface area contributed by atoms with E-state index >= 15 is 0 Å². The molecule has 2 rings (SSSR count). The van der Waals surface area contributed by atoms with Crippen LogP contribution >= 0.6 is 11.6 Å². The van der Waals surface area contributed by atoms with E-state index in [9.17, 15) is 0 Å². The fraction of sp³-hybridized carbons (Fsp3) is 0.889. The van der Waals surface area contributed by atoms with Gasteiger partial charge in [-0.25, -0.2) is 0 Å². The molecule has 1 N–H and O–H groups in total. The maximum absolute atomic E-state index is 8.50. The van der Waals surface area contributed by atoms with Crippen molar-refractivity contribution < 1.29 is 14.7 Å². The summed E-state index contributed by atoms with van der Waals surface area (Å²) < 4.78 is 11.3. The molecule has 1 saturated carbocycles. The SMILES string of the molecule is O/N=C(\Cl)C1COC2(CCCCC2)O1. The lowest BCUT2D eigenvalue weighted by atomic mass is 9.94. The summed E-state index contributed by atoms with van der Waals surface area (Å²) in [6.45, 7) is 0.392. The van der Waals surface area contributed by atoms with Gasteiger partial charge in [-0.05, 0) is 12.8 Å². The van der Waals surface area contributed by atoms with Crippen LogP contribution in [0.2, 0.25) is 0 Å². The summed E-state index contributed by atoms with van der Waals surface area (Å²) in [5, 5.41) is 11.5. The predicted octanol–water partition coefficient (Wildman–Crippen LogP) is 2.09. The molecule has 0 aromatic carbocycles. The molecule has 1 unspecified atom stereocenters. The first kappa shape index (κ1) is 10.2. The molecule has 1 aliphatic heterocycles. The third kappa shape index (κ3) is 1.87. The molecule has 0 amide bonds. The molecule has 5 heteroatoms. The van der Waals surface area contributed by atoms with Crippen LogP contribution in [-0.4, -0.2) is 28.9 Å². The minimum absolute atomic E-state index is 0.0763. The van der Waals surface area contributed by atoms with E-state index in [0.717, 1.165) is 25.7 Å². The quantitative estimate of drug-likeness (QED) is 0.417. The van der Waals surface area contributed by atoms with Gasteiger partial charge in [0.25, 0.3) is 0 Å². The maximum Gasteiger partial charge on any atom is 0.176 e. The molecule has 0 radical (unpaired) electrons. The first-order chi connectivity index (χ1) is 6.76. The van der Waals surface area contributed by atoms with Crippen LogP contribution in [0.25, 0.3) is 0 Å². The van der Waals surface area contributed by atoms with Crippen LogP contribution in [0.3, 0.4) is 0 Å². The Hall–Kier alpha value is -0.320. The molecule has 0 aromatic rings. The van der Waals surface area contributed by atoms with Crippen LogP contribution < -0.4 is 0 Å². The van der Waals surface area contributed by atoms with E-state index in [2.05, 4.69) is 5.16 Å². The predicted molar refractivity (Wildman–Crippen MR) is 51.7 cm³/mol. The fourth-order valence-electron chi connectivity index (χ4n) is 2.09. The Kier molecular flexibility index (Phi) is 2.95. The molecule has 0 aromatic heterocycles. The molecule has 80 valence electrons. The van der Waals surface area contributed by atoms with Gasteiger partial charge < -0.3 is 14.7 Å². The Labute approximate surface area is 87.8 Å². The highest BCUT2D eigenvalue weighted by atomic mass is 35.5. The van der Waals surface area contributed by atoms with Crippen molar-refractivity contribution in [2.75, 3.05) is 6.61 Å². The summed E-state index contributed by atoms with van der Waals surface area (Å²) in [6.07, 6.45) is 4.93. The van der Waals surface area contributed by atoms with E-state index in [0.29, 0.717) is 6.61 Å². The molecule has 1 spiro atoms. The Balaban J connectivity index is 1.99. The highest BCUT2D eigenvalue weighted by molar-refractivity contribution is 6.66. The zero-order chi connectivity index (χ0) is 10.0. The van der Waals surface area contributed by atoms with Crippen LogP contribution in [0, 0.1) is 0 Å². The average Bonchev–Trinajstić information content (AvgIpc) is 2.62. The van der Waals surface area contributed by atoms with Crippen LogP contribution in [0.15, 0.2) is 5.16 Å². The van der Waals surface area contributed by atoms with E-state index < -0.39 is 5.79 Å². The number of hydrogen-bond donors (Lipinski definition) is 1. The van der Waals surface area contributed by atoms with Crippen LogP contribution in [0.1, 0.15) is 32.1 Å². The van der Waals surface area contributed by atoms with Crippen LogP contribution in [0.5, 0.6) is 0 Å². The lowest BCUT2D eigenvalue weighted by Gasteiger charge is -2.31. The number of rotatable bonds is 1. The number of nitrogens with zero attached hydrogens (tertiary/aromatic N) is 1. The van der Waals surface area contributed by atoms with E-state index in [4.69, 9.17) is 26.3 Å². The lowest BCUT2D eigenvalue weighted by Crippen LogP contribution is -2.34. The third-order valence-electron chi connectivity index (χ3n) is 2.83. The molecule has 1 aliphatic carbocycles. The lowest BCUT2D eigenvalue weighted by molar-refractivity contribution is -0.181. The van der Waals surface area contributed by atoms with Crippen molar-refractivity contribution in [1.82, 2.24) is 0 Å². The number of ether oxygens (including phenoxy) is 2. The molecule has 0 bridgehead atoms. The standard InChI is InChI=1S/C9H14ClNO3/c10-8(11-12)7-6-13-9(14-7)4-2-1-3-5-9/h7,12H,1-6H2/b11-8-. The van der Waals surface area contributed by atoms with Gasteiger partial charge >= 0.3 is 0 Å². The Bertz CT molecular complexity index is 238. The second-order valence-corrected chi connectivity index (χ2v) is 4.20. The van der Waals surface area contributed by atoms with Gasteiger partial charge in [0, 0.05) is 12.8 Å². The highest BCUT2D eigenvalue weighted by Gasteiger charge is 2.43. The molecule has 1 saturated heterocycles. The zero-order valence-corrected chi connectivity index (χ0v) is 8.66. The summed E-state index contributed by atoms with van der Waals surface area (Å²) in [7, 11) is 0. The summed E-state index contributed by atoms with van der Waals surface area (Å²) in [4.78, 5) is 0. The average molecular weight is 220 g/mol. The van der Waals surface area contributed by atoms with Crippen molar-refractivity contribution in [3.8, 4) is 0 Å². The van der Waals surface area contributed by atoms with E-state index in [1.54, 1.807) is 0 Å². The van der Waals surface area contributed by atoms with Gasteiger partial charge in [-0.3, -0.25) is 0 Å². The minimum Gasteiger partial charge on any atom is -0.410 e. The fourth-order valence-corrected chi connectivity index (χ4v) is 2.20. The van der Waals surface area contributed by atoms with E-state index in [-0.39, 0.29) is 11.3 Å². The van der Waals surface area contributed by atoms with Crippen molar-refractivity contribution in [2.24, 2.45) is 5.16 Å². The Morgan fingerprint density at radius 1 is 1.36 bits per heavy atom. The zero-order valence-electron chi connectivity index (χ0n) is 7.91. The molecule has 2 aliphatic rings. The topological polar surface area (TPSA) is 51.1 Å². The van der Waals surface area contributed by atoms with Crippen molar-refractivity contribution in [3.63, 3.8) is 0 Å². The number of hydrogen-bond acceptors (Lipinski definition) is 4. The van der Waals surface area contributed by atoms with Crippen molar-refractivity contribution >= 4 is 16.8 Å². The second-order valence-electron chi connectivity index (χ2n) is 3.81. The van der Waals surface area contributed by atoms with Gasteiger partial charge in [-0.15, -0.1) is 0 Å². The van der Waals surface area contributed by atoms with Gasteiger partial charge in [0.05, 0.1) is 6.61 Å². The molecule has 1 heterocycles. The van der Waals surface area contributed by atoms with Crippen molar-refractivity contribution in [1.29, 1.82) is 0 Å². The largest absolute Gasteiger partial charge is 0.410 e. The molecule has 14 heavy (non-hydrogen) atoms. The van der Waals surface area contributed by atoms with Crippen molar-refractivity contribution in [2.45, 2.75) is 44.0 Å². The van der Waals surface area contributed by atoms with Crippen molar-refractivity contribution in [3.05, 3.63) is 0 Å². The normalized spacial score (nSPS) is 32.4. The smallest absolute Gasteiger partial charge is 0.176 e. The first-order valence-electron chi connectivity index (χ1n) is 4.95. The minimum atomic E-state index is -0.451. The Morgan fingerprint density at radius 3 is 2.71 bits per heavy atom. The van der Waals surface area contributed by atoms with Gasteiger partial charge in [0.2, 0.25) is 0 Å². The van der Waals surface area contributed by atoms with E-state index in [1.807, 2.05) is 0 Å². The summed E-state index contributed by atoms with van der Waals surface area (Å²) in [5.74, 6) is -0.451. The summed E-state index contributed by atoms with van der Waals surface area (Å²) in [5.41, 5.74) is 0. The van der Waals surface area contributed by atoms with Gasteiger partial charge in [0.15, 0.2) is 11.0 Å². The third-order valence-corrected chi connectivity index (χ3v) is 3.15. The molecule has 2 fully saturated rings. The molecule has 1 atom stereocenters. The van der Waals surface area contributed by atoms with Gasteiger partial charge in [0.1, 0.15) is 6.10 Å². The maximum atomic E-state index is 8.50. The number of halogens is 1. The second kappa shape index (κ2) is 4.04. The molecule has 4 nitrogen and oxygen atoms in total.